The highest BCUT2D eigenvalue weighted by atomic mass is 16.3. The summed E-state index contributed by atoms with van der Waals surface area (Å²) in [6, 6.07) is 2.11. The third-order valence-electron chi connectivity index (χ3n) is 1.84. The number of nitriles is 1. The molecule has 4 heteroatoms. The lowest BCUT2D eigenvalue weighted by Gasteiger charge is -2.42. The van der Waals surface area contributed by atoms with Gasteiger partial charge in [0.25, 0.3) is 0 Å². The predicted molar refractivity (Wildman–Crippen MR) is 37.4 cm³/mol. The molecule has 1 saturated heterocycles. The van der Waals surface area contributed by atoms with E-state index in [0.29, 0.717) is 13.1 Å². The zero-order valence-electron chi connectivity index (χ0n) is 6.37. The number of aliphatic hydroxyl groups excluding tert-OH is 1. The molecule has 1 N–H and O–H groups in total. The molecule has 0 atom stereocenters. The Bertz CT molecular complexity index is 213. The van der Waals surface area contributed by atoms with E-state index < -0.39 is 6.61 Å². The standard InChI is InChI=1S/C7H10N2O2/c1-7(3-8)4-9(5-7)6(11)2-10/h10H,2,4-5H2,1H3. The van der Waals surface area contributed by atoms with Gasteiger partial charge in [0.2, 0.25) is 5.91 Å². The molecule has 0 aromatic rings. The summed E-state index contributed by atoms with van der Waals surface area (Å²) in [5.41, 5.74) is -0.384. The first-order chi connectivity index (χ1) is 5.11. The van der Waals surface area contributed by atoms with Crippen molar-refractivity contribution >= 4 is 5.91 Å². The van der Waals surface area contributed by atoms with E-state index in [0.717, 1.165) is 0 Å². The average molecular weight is 154 g/mol. The van der Waals surface area contributed by atoms with Gasteiger partial charge < -0.3 is 10.0 Å². The second kappa shape index (κ2) is 2.51. The first kappa shape index (κ1) is 8.02. The van der Waals surface area contributed by atoms with Crippen LogP contribution in [0.4, 0.5) is 0 Å². The molecule has 0 spiro atoms. The Balaban J connectivity index is 2.42. The van der Waals surface area contributed by atoms with Crippen LogP contribution in [-0.2, 0) is 4.79 Å². The van der Waals surface area contributed by atoms with Crippen molar-refractivity contribution in [2.75, 3.05) is 19.7 Å². The molecule has 0 bridgehead atoms. The van der Waals surface area contributed by atoms with E-state index in [1.807, 2.05) is 0 Å². The molecule has 11 heavy (non-hydrogen) atoms. The highest BCUT2D eigenvalue weighted by Crippen LogP contribution is 2.28. The molecule has 1 heterocycles. The number of amides is 1. The topological polar surface area (TPSA) is 64.3 Å². The summed E-state index contributed by atoms with van der Waals surface area (Å²) in [6.45, 7) is 2.24. The fraction of sp³-hybridized carbons (Fsp3) is 0.714. The Labute approximate surface area is 65.0 Å². The van der Waals surface area contributed by atoms with Crippen molar-refractivity contribution in [3.63, 3.8) is 0 Å². The van der Waals surface area contributed by atoms with Crippen LogP contribution in [0.1, 0.15) is 6.92 Å². The maximum atomic E-state index is 10.8. The Morgan fingerprint density at radius 3 is 2.73 bits per heavy atom. The third kappa shape index (κ3) is 1.33. The summed E-state index contributed by atoms with van der Waals surface area (Å²) in [5, 5.41) is 17.0. The number of carbonyl (C=O) groups excluding carboxylic acids is 1. The number of aliphatic hydroxyl groups is 1. The van der Waals surface area contributed by atoms with Gasteiger partial charge in [-0.1, -0.05) is 0 Å². The second-order valence-electron chi connectivity index (χ2n) is 3.08. The quantitative estimate of drug-likeness (QED) is 0.546. The van der Waals surface area contributed by atoms with Gasteiger partial charge in [0.05, 0.1) is 11.5 Å². The lowest BCUT2D eigenvalue weighted by Crippen LogP contribution is -2.57. The number of hydrogen-bond acceptors (Lipinski definition) is 3. The van der Waals surface area contributed by atoms with Crippen LogP contribution >= 0.6 is 0 Å². The number of rotatable bonds is 1. The van der Waals surface area contributed by atoms with Crippen LogP contribution in [0.15, 0.2) is 0 Å². The molecule has 0 unspecified atom stereocenters. The van der Waals surface area contributed by atoms with Crippen LogP contribution in [0.25, 0.3) is 0 Å². The molecule has 1 aliphatic heterocycles. The van der Waals surface area contributed by atoms with Crippen LogP contribution in [0.2, 0.25) is 0 Å². The average Bonchev–Trinajstić information content (AvgIpc) is 1.97. The third-order valence-corrected chi connectivity index (χ3v) is 1.84. The Morgan fingerprint density at radius 1 is 1.82 bits per heavy atom. The van der Waals surface area contributed by atoms with Crippen LogP contribution in [0.3, 0.4) is 0 Å². The first-order valence-electron chi connectivity index (χ1n) is 3.41. The van der Waals surface area contributed by atoms with Gasteiger partial charge in [-0.3, -0.25) is 4.79 Å². The lowest BCUT2D eigenvalue weighted by atomic mass is 9.84. The van der Waals surface area contributed by atoms with Crippen molar-refractivity contribution in [2.45, 2.75) is 6.92 Å². The first-order valence-corrected chi connectivity index (χ1v) is 3.41. The van der Waals surface area contributed by atoms with Gasteiger partial charge >= 0.3 is 0 Å². The molecule has 0 radical (unpaired) electrons. The molecule has 0 saturated carbocycles. The van der Waals surface area contributed by atoms with Gasteiger partial charge in [-0.2, -0.15) is 5.26 Å². The summed E-state index contributed by atoms with van der Waals surface area (Å²) in [7, 11) is 0. The maximum absolute atomic E-state index is 10.8. The molecule has 0 aromatic heterocycles. The van der Waals surface area contributed by atoms with Crippen LogP contribution in [0.5, 0.6) is 0 Å². The zero-order chi connectivity index (χ0) is 8.48. The molecule has 1 aliphatic rings. The number of likely N-dealkylation sites (tertiary alicyclic amines) is 1. The normalized spacial score (nSPS) is 20.3. The largest absolute Gasteiger partial charge is 0.387 e. The van der Waals surface area contributed by atoms with Gasteiger partial charge in [-0.25, -0.2) is 0 Å². The van der Waals surface area contributed by atoms with Crippen molar-refractivity contribution in [1.82, 2.24) is 4.90 Å². The molecule has 60 valence electrons. The van der Waals surface area contributed by atoms with Crippen molar-refractivity contribution in [1.29, 1.82) is 5.26 Å². The highest BCUT2D eigenvalue weighted by molar-refractivity contribution is 5.78. The van der Waals surface area contributed by atoms with E-state index in [2.05, 4.69) is 6.07 Å². The minimum Gasteiger partial charge on any atom is -0.387 e. The van der Waals surface area contributed by atoms with Crippen LogP contribution in [0, 0.1) is 16.7 Å². The molecular formula is C7H10N2O2. The summed E-state index contributed by atoms with van der Waals surface area (Å²) >= 11 is 0. The molecule has 0 aromatic carbocycles. The van der Waals surface area contributed by atoms with Crippen LogP contribution in [-0.4, -0.2) is 35.6 Å². The highest BCUT2D eigenvalue weighted by Gasteiger charge is 2.41. The van der Waals surface area contributed by atoms with E-state index in [-0.39, 0.29) is 11.3 Å². The minimum absolute atomic E-state index is 0.294. The second-order valence-corrected chi connectivity index (χ2v) is 3.08. The molecule has 0 aliphatic carbocycles. The molecule has 1 rings (SSSR count). The van der Waals surface area contributed by atoms with E-state index in [1.54, 1.807) is 6.92 Å². The Kier molecular flexibility index (Phi) is 1.83. The van der Waals surface area contributed by atoms with Crippen molar-refractivity contribution in [2.24, 2.45) is 5.41 Å². The molecule has 1 amide bonds. The summed E-state index contributed by atoms with van der Waals surface area (Å²) in [5.74, 6) is -0.294. The maximum Gasteiger partial charge on any atom is 0.248 e. The molecular weight excluding hydrogens is 144 g/mol. The van der Waals surface area contributed by atoms with Gasteiger partial charge in [-0.15, -0.1) is 0 Å². The van der Waals surface area contributed by atoms with Gasteiger partial charge in [0.1, 0.15) is 6.61 Å². The van der Waals surface area contributed by atoms with E-state index >= 15 is 0 Å². The predicted octanol–water partition coefficient (Wildman–Crippen LogP) is -0.649. The number of hydrogen-bond donors (Lipinski definition) is 1. The van der Waals surface area contributed by atoms with Gasteiger partial charge in [-0.05, 0) is 6.92 Å². The number of carbonyl (C=O) groups is 1. The van der Waals surface area contributed by atoms with E-state index in [1.165, 1.54) is 4.90 Å². The summed E-state index contributed by atoms with van der Waals surface area (Å²) in [4.78, 5) is 12.2. The fourth-order valence-corrected chi connectivity index (χ4v) is 1.14. The SMILES string of the molecule is CC1(C#N)CN(C(=O)CO)C1. The molecule has 4 nitrogen and oxygen atoms in total. The number of nitrogens with zero attached hydrogens (tertiary/aromatic N) is 2. The fourth-order valence-electron chi connectivity index (χ4n) is 1.14. The lowest BCUT2D eigenvalue weighted by molar-refractivity contribution is -0.142. The monoisotopic (exact) mass is 154 g/mol. The van der Waals surface area contributed by atoms with Crippen molar-refractivity contribution in [3.05, 3.63) is 0 Å². The van der Waals surface area contributed by atoms with Gasteiger partial charge in [0.15, 0.2) is 0 Å². The Hall–Kier alpha value is -1.08. The summed E-state index contributed by atoms with van der Waals surface area (Å²) in [6.07, 6.45) is 0. The van der Waals surface area contributed by atoms with Crippen molar-refractivity contribution < 1.29 is 9.90 Å². The Morgan fingerprint density at radius 2 is 2.36 bits per heavy atom. The molecule has 1 fully saturated rings. The van der Waals surface area contributed by atoms with E-state index in [9.17, 15) is 4.79 Å². The van der Waals surface area contributed by atoms with Crippen LogP contribution < -0.4 is 0 Å². The smallest absolute Gasteiger partial charge is 0.248 e. The zero-order valence-corrected chi connectivity index (χ0v) is 6.37. The van der Waals surface area contributed by atoms with Gasteiger partial charge in [0, 0.05) is 13.1 Å². The summed E-state index contributed by atoms with van der Waals surface area (Å²) < 4.78 is 0. The van der Waals surface area contributed by atoms with E-state index in [4.69, 9.17) is 10.4 Å². The minimum atomic E-state index is -0.457. The van der Waals surface area contributed by atoms with Crippen molar-refractivity contribution in [3.8, 4) is 6.07 Å².